The molecule has 0 radical (unpaired) electrons. The Labute approximate surface area is 194 Å². The number of halogens is 2. The highest BCUT2D eigenvalue weighted by molar-refractivity contribution is 8.26. The van der Waals surface area contributed by atoms with Gasteiger partial charge in [0.15, 0.2) is 0 Å². The summed E-state index contributed by atoms with van der Waals surface area (Å²) in [4.78, 5) is 25.5. The number of carboxylic acid groups (broad SMARTS) is 1. The maximum atomic E-state index is 12.8. The van der Waals surface area contributed by atoms with Gasteiger partial charge in [0, 0.05) is 28.6 Å². The first kappa shape index (κ1) is 22.8. The molecule has 3 rings (SSSR count). The minimum absolute atomic E-state index is 0.113. The molecule has 0 aromatic heterocycles. The van der Waals surface area contributed by atoms with Gasteiger partial charge in [-0.1, -0.05) is 77.9 Å². The van der Waals surface area contributed by atoms with Crippen LogP contribution in [0.15, 0.2) is 47.4 Å². The maximum Gasteiger partial charge on any atom is 0.303 e. The van der Waals surface area contributed by atoms with Gasteiger partial charge in [-0.15, -0.1) is 0 Å². The number of thiocarbonyl (C=S) groups is 1. The number of aliphatic carboxylic acids is 1. The Balaban J connectivity index is 1.70. The molecule has 2 aromatic carbocycles. The molecular formula is C22H19Cl2NO3S2. The SMILES string of the molecule is O=C(O)CCCCCN1C(=O)C(=Cc2cccc(-c3ccc(Cl)cc3Cl)c2)SC1=S. The van der Waals surface area contributed by atoms with Crippen LogP contribution in [0.25, 0.3) is 17.2 Å². The van der Waals surface area contributed by atoms with Crippen molar-refractivity contribution in [3.05, 3.63) is 63.0 Å². The third-order valence-electron chi connectivity index (χ3n) is 4.57. The Morgan fingerprint density at radius 1 is 1.13 bits per heavy atom. The van der Waals surface area contributed by atoms with Crippen LogP contribution in [0.5, 0.6) is 0 Å². The smallest absolute Gasteiger partial charge is 0.303 e. The first-order valence-corrected chi connectivity index (χ1v) is 11.4. The minimum atomic E-state index is -0.800. The van der Waals surface area contributed by atoms with E-state index in [9.17, 15) is 9.59 Å². The van der Waals surface area contributed by atoms with E-state index in [1.54, 1.807) is 17.0 Å². The molecule has 30 heavy (non-hydrogen) atoms. The Morgan fingerprint density at radius 2 is 1.93 bits per heavy atom. The van der Waals surface area contributed by atoms with Crippen molar-refractivity contribution in [3.8, 4) is 11.1 Å². The lowest BCUT2D eigenvalue weighted by Gasteiger charge is -2.13. The molecule has 0 atom stereocenters. The van der Waals surface area contributed by atoms with E-state index < -0.39 is 5.97 Å². The molecule has 1 aliphatic heterocycles. The van der Waals surface area contributed by atoms with E-state index in [0.717, 1.165) is 29.5 Å². The van der Waals surface area contributed by atoms with E-state index >= 15 is 0 Å². The van der Waals surface area contributed by atoms with Crippen LogP contribution in [0.3, 0.4) is 0 Å². The average Bonchev–Trinajstić information content (AvgIpc) is 2.95. The van der Waals surface area contributed by atoms with Crippen molar-refractivity contribution in [1.82, 2.24) is 4.90 Å². The zero-order valence-corrected chi connectivity index (χ0v) is 19.1. The maximum absolute atomic E-state index is 12.8. The Hall–Kier alpha value is -1.86. The fraction of sp³-hybridized carbons (Fsp3) is 0.227. The number of nitrogens with zero attached hydrogens (tertiary/aromatic N) is 1. The van der Waals surface area contributed by atoms with Crippen molar-refractivity contribution in [2.75, 3.05) is 6.54 Å². The van der Waals surface area contributed by atoms with Crippen LogP contribution in [0.1, 0.15) is 31.2 Å². The quantitative estimate of drug-likeness (QED) is 0.265. The molecule has 0 saturated carbocycles. The van der Waals surface area contributed by atoms with Gasteiger partial charge < -0.3 is 5.11 Å². The third-order valence-corrected chi connectivity index (χ3v) is 6.50. The summed E-state index contributed by atoms with van der Waals surface area (Å²) in [5.74, 6) is -0.913. The number of thioether (sulfide) groups is 1. The van der Waals surface area contributed by atoms with Crippen LogP contribution in [0, 0.1) is 0 Å². The van der Waals surface area contributed by atoms with Gasteiger partial charge in [0.05, 0.1) is 4.91 Å². The van der Waals surface area contributed by atoms with Crippen molar-refractivity contribution in [1.29, 1.82) is 0 Å². The van der Waals surface area contributed by atoms with Crippen LogP contribution < -0.4 is 0 Å². The molecule has 0 spiro atoms. The van der Waals surface area contributed by atoms with Crippen molar-refractivity contribution in [2.45, 2.75) is 25.7 Å². The van der Waals surface area contributed by atoms with E-state index in [4.69, 9.17) is 40.5 Å². The zero-order valence-electron chi connectivity index (χ0n) is 15.9. The second-order valence-electron chi connectivity index (χ2n) is 6.79. The van der Waals surface area contributed by atoms with Crippen molar-refractivity contribution >= 4 is 69.5 Å². The largest absolute Gasteiger partial charge is 0.481 e. The van der Waals surface area contributed by atoms with Gasteiger partial charge in [-0.3, -0.25) is 14.5 Å². The molecule has 0 unspecified atom stereocenters. The fourth-order valence-corrected chi connectivity index (χ4v) is 4.91. The zero-order chi connectivity index (χ0) is 21.7. The summed E-state index contributed by atoms with van der Waals surface area (Å²) < 4.78 is 0.529. The fourth-order valence-electron chi connectivity index (χ4n) is 3.09. The van der Waals surface area contributed by atoms with Crippen molar-refractivity contribution < 1.29 is 14.7 Å². The van der Waals surface area contributed by atoms with Crippen LogP contribution in [0.2, 0.25) is 10.0 Å². The first-order chi connectivity index (χ1) is 14.3. The van der Waals surface area contributed by atoms with E-state index in [0.29, 0.717) is 32.2 Å². The summed E-state index contributed by atoms with van der Waals surface area (Å²) in [6.07, 6.45) is 4.03. The molecule has 1 saturated heterocycles. The summed E-state index contributed by atoms with van der Waals surface area (Å²) >= 11 is 19.0. The van der Waals surface area contributed by atoms with Gasteiger partial charge in [-0.05, 0) is 48.2 Å². The standard InChI is InChI=1S/C22H19Cl2NO3S2/c23-16-8-9-17(18(24)13-16)15-6-4-5-14(11-15)12-19-21(28)25(22(29)30-19)10-3-1-2-7-20(26)27/h4-6,8-9,11-13H,1-3,7,10H2,(H,26,27). The molecule has 1 aliphatic rings. The molecule has 4 nitrogen and oxygen atoms in total. The number of hydrogen-bond acceptors (Lipinski definition) is 4. The Bertz CT molecular complexity index is 1020. The average molecular weight is 480 g/mol. The van der Waals surface area contributed by atoms with Crippen LogP contribution >= 0.6 is 47.2 Å². The highest BCUT2D eigenvalue weighted by Gasteiger charge is 2.31. The highest BCUT2D eigenvalue weighted by Crippen LogP contribution is 2.34. The second kappa shape index (κ2) is 10.4. The van der Waals surface area contributed by atoms with Crippen molar-refractivity contribution in [2.24, 2.45) is 0 Å². The summed E-state index contributed by atoms with van der Waals surface area (Å²) in [7, 11) is 0. The number of carbonyl (C=O) groups excluding carboxylic acids is 1. The molecule has 8 heteroatoms. The number of rotatable bonds is 8. The monoisotopic (exact) mass is 479 g/mol. The van der Waals surface area contributed by atoms with E-state index in [2.05, 4.69) is 0 Å². The molecule has 0 bridgehead atoms. The lowest BCUT2D eigenvalue weighted by atomic mass is 10.0. The molecule has 2 aromatic rings. The Kier molecular flexibility index (Phi) is 7.94. The Morgan fingerprint density at radius 3 is 2.67 bits per heavy atom. The second-order valence-corrected chi connectivity index (χ2v) is 9.31. The molecule has 156 valence electrons. The first-order valence-electron chi connectivity index (χ1n) is 9.38. The highest BCUT2D eigenvalue weighted by atomic mass is 35.5. The number of carbonyl (C=O) groups is 2. The van der Waals surface area contributed by atoms with E-state index in [1.165, 1.54) is 11.8 Å². The molecule has 1 amide bonds. The van der Waals surface area contributed by atoms with Crippen LogP contribution in [-0.2, 0) is 9.59 Å². The van der Waals surface area contributed by atoms with Gasteiger partial charge in [0.2, 0.25) is 0 Å². The molecule has 1 N–H and O–H groups in total. The van der Waals surface area contributed by atoms with Gasteiger partial charge in [0.1, 0.15) is 4.32 Å². The number of hydrogen-bond donors (Lipinski definition) is 1. The molecule has 0 aliphatic carbocycles. The molecular weight excluding hydrogens is 461 g/mol. The number of benzene rings is 2. The van der Waals surface area contributed by atoms with Gasteiger partial charge in [0.25, 0.3) is 5.91 Å². The van der Waals surface area contributed by atoms with Gasteiger partial charge in [-0.2, -0.15) is 0 Å². The lowest BCUT2D eigenvalue weighted by molar-refractivity contribution is -0.137. The minimum Gasteiger partial charge on any atom is -0.481 e. The topological polar surface area (TPSA) is 57.6 Å². The third kappa shape index (κ3) is 5.85. The van der Waals surface area contributed by atoms with Gasteiger partial charge in [-0.25, -0.2) is 0 Å². The normalized spacial score (nSPS) is 15.3. The van der Waals surface area contributed by atoms with E-state index in [1.807, 2.05) is 36.4 Å². The summed E-state index contributed by atoms with van der Waals surface area (Å²) in [6.45, 7) is 0.502. The van der Waals surface area contributed by atoms with Crippen LogP contribution in [-0.4, -0.2) is 32.7 Å². The van der Waals surface area contributed by atoms with Crippen molar-refractivity contribution in [3.63, 3.8) is 0 Å². The van der Waals surface area contributed by atoms with Crippen LogP contribution in [0.4, 0.5) is 0 Å². The molecule has 1 heterocycles. The predicted molar refractivity (Wildman–Crippen MR) is 128 cm³/mol. The summed E-state index contributed by atoms with van der Waals surface area (Å²) in [5, 5.41) is 9.83. The predicted octanol–water partition coefficient (Wildman–Crippen LogP) is 6.51. The van der Waals surface area contributed by atoms with E-state index in [-0.39, 0.29) is 12.3 Å². The number of unbranched alkanes of at least 4 members (excludes halogenated alkanes) is 2. The number of amides is 1. The number of carboxylic acids is 1. The summed E-state index contributed by atoms with van der Waals surface area (Å²) in [5.41, 5.74) is 2.67. The van der Waals surface area contributed by atoms with Gasteiger partial charge >= 0.3 is 5.97 Å². The lowest BCUT2D eigenvalue weighted by Crippen LogP contribution is -2.29. The molecule has 1 fully saturated rings. The summed E-state index contributed by atoms with van der Waals surface area (Å²) in [6, 6.07) is 13.1.